The second-order valence-corrected chi connectivity index (χ2v) is 6.29. The maximum Gasteiger partial charge on any atom is 0.0161 e. The zero-order chi connectivity index (χ0) is 11.2. The van der Waals surface area contributed by atoms with Gasteiger partial charge in [0, 0.05) is 17.8 Å². The van der Waals surface area contributed by atoms with Crippen molar-refractivity contribution >= 4 is 11.8 Å². The molecule has 0 saturated carbocycles. The quantitative estimate of drug-likeness (QED) is 0.818. The number of nitrogens with one attached hydrogen (secondary N) is 1. The molecule has 0 radical (unpaired) electrons. The molecule has 0 bridgehead atoms. The van der Waals surface area contributed by atoms with Crippen molar-refractivity contribution in [2.75, 3.05) is 31.1 Å². The molecule has 2 aliphatic rings. The van der Waals surface area contributed by atoms with Gasteiger partial charge in [-0.3, -0.25) is 0 Å². The molecule has 0 aliphatic carbocycles. The SMILES string of the molecule is CCN1CCCC(NC2CCCSC2)CC1. The van der Waals surface area contributed by atoms with Gasteiger partial charge in [0.05, 0.1) is 0 Å². The monoisotopic (exact) mass is 242 g/mol. The molecule has 2 atom stereocenters. The van der Waals surface area contributed by atoms with Gasteiger partial charge < -0.3 is 10.2 Å². The van der Waals surface area contributed by atoms with Crippen LogP contribution in [-0.2, 0) is 0 Å². The first kappa shape index (κ1) is 12.7. The van der Waals surface area contributed by atoms with Crippen LogP contribution < -0.4 is 5.32 Å². The Bertz CT molecular complexity index is 192. The largest absolute Gasteiger partial charge is 0.310 e. The molecule has 16 heavy (non-hydrogen) atoms. The van der Waals surface area contributed by atoms with Gasteiger partial charge in [0.15, 0.2) is 0 Å². The summed E-state index contributed by atoms with van der Waals surface area (Å²) < 4.78 is 0. The summed E-state index contributed by atoms with van der Waals surface area (Å²) in [6.45, 7) is 6.12. The average molecular weight is 242 g/mol. The van der Waals surface area contributed by atoms with E-state index in [-0.39, 0.29) is 0 Å². The van der Waals surface area contributed by atoms with Crippen LogP contribution in [0, 0.1) is 0 Å². The Morgan fingerprint density at radius 2 is 2.00 bits per heavy atom. The van der Waals surface area contributed by atoms with Crippen molar-refractivity contribution in [2.24, 2.45) is 0 Å². The third-order valence-electron chi connectivity index (χ3n) is 3.90. The molecule has 0 spiro atoms. The predicted molar refractivity (Wildman–Crippen MR) is 73.2 cm³/mol. The molecule has 2 nitrogen and oxygen atoms in total. The van der Waals surface area contributed by atoms with Crippen LogP contribution in [-0.4, -0.2) is 48.1 Å². The van der Waals surface area contributed by atoms with Crippen molar-refractivity contribution in [1.82, 2.24) is 10.2 Å². The average Bonchev–Trinajstić information content (AvgIpc) is 2.56. The van der Waals surface area contributed by atoms with Gasteiger partial charge in [0.25, 0.3) is 0 Å². The molecule has 0 amide bonds. The number of hydrogen-bond acceptors (Lipinski definition) is 3. The van der Waals surface area contributed by atoms with E-state index in [1.54, 1.807) is 0 Å². The summed E-state index contributed by atoms with van der Waals surface area (Å²) in [6.07, 6.45) is 6.94. The maximum absolute atomic E-state index is 3.89. The Kier molecular flexibility index (Phi) is 5.46. The van der Waals surface area contributed by atoms with Gasteiger partial charge in [0.1, 0.15) is 0 Å². The molecule has 3 heteroatoms. The first-order valence-electron chi connectivity index (χ1n) is 6.94. The van der Waals surface area contributed by atoms with Crippen molar-refractivity contribution < 1.29 is 0 Å². The molecule has 2 aliphatic heterocycles. The highest BCUT2D eigenvalue weighted by atomic mass is 32.2. The van der Waals surface area contributed by atoms with Gasteiger partial charge in [0.2, 0.25) is 0 Å². The lowest BCUT2D eigenvalue weighted by molar-refractivity contribution is 0.295. The van der Waals surface area contributed by atoms with Crippen molar-refractivity contribution in [3.63, 3.8) is 0 Å². The number of thioether (sulfide) groups is 1. The van der Waals surface area contributed by atoms with Gasteiger partial charge in [-0.1, -0.05) is 6.92 Å². The highest BCUT2D eigenvalue weighted by Crippen LogP contribution is 2.19. The van der Waals surface area contributed by atoms with E-state index in [4.69, 9.17) is 0 Å². The molecule has 0 aromatic rings. The first-order valence-corrected chi connectivity index (χ1v) is 8.10. The van der Waals surface area contributed by atoms with E-state index in [9.17, 15) is 0 Å². The number of likely N-dealkylation sites (tertiary alicyclic amines) is 1. The topological polar surface area (TPSA) is 15.3 Å². The molecule has 0 aromatic carbocycles. The maximum atomic E-state index is 3.89. The van der Waals surface area contributed by atoms with Crippen LogP contribution >= 0.6 is 11.8 Å². The highest BCUT2D eigenvalue weighted by Gasteiger charge is 2.20. The van der Waals surface area contributed by atoms with E-state index in [2.05, 4.69) is 28.9 Å². The van der Waals surface area contributed by atoms with E-state index in [0.717, 1.165) is 12.1 Å². The molecule has 2 fully saturated rings. The number of nitrogens with zero attached hydrogens (tertiary/aromatic N) is 1. The summed E-state index contributed by atoms with van der Waals surface area (Å²) >= 11 is 2.13. The van der Waals surface area contributed by atoms with Crippen LogP contribution in [0.25, 0.3) is 0 Å². The molecular formula is C13H26N2S. The van der Waals surface area contributed by atoms with E-state index in [1.807, 2.05) is 0 Å². The molecule has 2 heterocycles. The van der Waals surface area contributed by atoms with Gasteiger partial charge in [-0.2, -0.15) is 11.8 Å². The lowest BCUT2D eigenvalue weighted by atomic mass is 10.1. The van der Waals surface area contributed by atoms with Crippen LogP contribution in [0.2, 0.25) is 0 Å². The Hall–Kier alpha value is 0.270. The Balaban J connectivity index is 1.72. The fourth-order valence-corrected chi connectivity index (χ4v) is 3.93. The normalized spacial score (nSPS) is 33.6. The van der Waals surface area contributed by atoms with E-state index in [1.165, 1.54) is 63.2 Å². The summed E-state index contributed by atoms with van der Waals surface area (Å²) in [5.74, 6) is 2.72. The summed E-state index contributed by atoms with van der Waals surface area (Å²) in [5, 5.41) is 3.89. The highest BCUT2D eigenvalue weighted by molar-refractivity contribution is 7.99. The van der Waals surface area contributed by atoms with Crippen LogP contribution in [0.15, 0.2) is 0 Å². The molecular weight excluding hydrogens is 216 g/mol. The number of hydrogen-bond donors (Lipinski definition) is 1. The minimum absolute atomic E-state index is 0.792. The van der Waals surface area contributed by atoms with Crippen molar-refractivity contribution in [3.8, 4) is 0 Å². The standard InChI is InChI=1S/C13H26N2S/c1-2-15-8-3-5-12(7-9-15)14-13-6-4-10-16-11-13/h12-14H,2-11H2,1H3. The molecule has 1 N–H and O–H groups in total. The molecule has 2 saturated heterocycles. The summed E-state index contributed by atoms with van der Waals surface area (Å²) in [5.41, 5.74) is 0. The van der Waals surface area contributed by atoms with Crippen molar-refractivity contribution in [2.45, 2.75) is 51.1 Å². The second kappa shape index (κ2) is 6.87. The Morgan fingerprint density at radius 1 is 1.12 bits per heavy atom. The molecule has 2 rings (SSSR count). The summed E-state index contributed by atoms with van der Waals surface area (Å²) in [6, 6.07) is 1.59. The van der Waals surface area contributed by atoms with Crippen LogP contribution in [0.4, 0.5) is 0 Å². The fourth-order valence-electron chi connectivity index (χ4n) is 2.84. The predicted octanol–water partition coefficient (Wildman–Crippen LogP) is 2.35. The van der Waals surface area contributed by atoms with Crippen molar-refractivity contribution in [1.29, 1.82) is 0 Å². The molecule has 2 unspecified atom stereocenters. The Labute approximate surface area is 105 Å². The smallest absolute Gasteiger partial charge is 0.0161 e. The van der Waals surface area contributed by atoms with E-state index >= 15 is 0 Å². The van der Waals surface area contributed by atoms with Crippen LogP contribution in [0.5, 0.6) is 0 Å². The summed E-state index contributed by atoms with van der Waals surface area (Å²) in [7, 11) is 0. The third-order valence-corrected chi connectivity index (χ3v) is 5.12. The molecule has 0 aromatic heterocycles. The second-order valence-electron chi connectivity index (χ2n) is 5.14. The fraction of sp³-hybridized carbons (Fsp3) is 1.00. The first-order chi connectivity index (χ1) is 7.88. The van der Waals surface area contributed by atoms with E-state index < -0.39 is 0 Å². The lowest BCUT2D eigenvalue weighted by Crippen LogP contribution is -2.41. The van der Waals surface area contributed by atoms with E-state index in [0.29, 0.717) is 0 Å². The van der Waals surface area contributed by atoms with Gasteiger partial charge >= 0.3 is 0 Å². The summed E-state index contributed by atoms with van der Waals surface area (Å²) in [4.78, 5) is 2.59. The third kappa shape index (κ3) is 3.94. The zero-order valence-electron chi connectivity index (χ0n) is 10.6. The minimum Gasteiger partial charge on any atom is -0.310 e. The minimum atomic E-state index is 0.792. The van der Waals surface area contributed by atoms with Gasteiger partial charge in [-0.05, 0) is 57.5 Å². The van der Waals surface area contributed by atoms with Crippen molar-refractivity contribution in [3.05, 3.63) is 0 Å². The van der Waals surface area contributed by atoms with Gasteiger partial charge in [-0.15, -0.1) is 0 Å². The zero-order valence-corrected chi connectivity index (χ0v) is 11.4. The lowest BCUT2D eigenvalue weighted by Gasteiger charge is -2.27. The van der Waals surface area contributed by atoms with Gasteiger partial charge in [-0.25, -0.2) is 0 Å². The van der Waals surface area contributed by atoms with Crippen LogP contribution in [0.3, 0.4) is 0 Å². The Morgan fingerprint density at radius 3 is 2.75 bits per heavy atom. The number of rotatable bonds is 3. The van der Waals surface area contributed by atoms with Crippen LogP contribution in [0.1, 0.15) is 39.0 Å². The molecule has 94 valence electrons.